The van der Waals surface area contributed by atoms with E-state index in [9.17, 15) is 18.0 Å². The topological polar surface area (TPSA) is 96.0 Å². The SMILES string of the molecule is CNC(=O)[C@H](C)N(Cc1ccc(OC)cc1)C(=O)CN(c1ccccc1Br)S(C)(=O)=O. The minimum atomic E-state index is -3.76. The Kier molecular flexibility index (Phi) is 8.46. The number of carbonyl (C=O) groups excluding carboxylic acids is 2. The summed E-state index contributed by atoms with van der Waals surface area (Å²) in [6.07, 6.45) is 1.04. The van der Waals surface area contributed by atoms with E-state index in [-0.39, 0.29) is 12.5 Å². The van der Waals surface area contributed by atoms with Crippen molar-refractivity contribution in [2.45, 2.75) is 19.5 Å². The van der Waals surface area contributed by atoms with E-state index >= 15 is 0 Å². The predicted octanol–water partition coefficient (Wildman–Crippen LogP) is 2.39. The van der Waals surface area contributed by atoms with Gasteiger partial charge >= 0.3 is 0 Å². The van der Waals surface area contributed by atoms with Crippen LogP contribution in [0.25, 0.3) is 0 Å². The highest BCUT2D eigenvalue weighted by Crippen LogP contribution is 2.28. The Morgan fingerprint density at radius 1 is 1.13 bits per heavy atom. The number of hydrogen-bond donors (Lipinski definition) is 1. The Morgan fingerprint density at radius 2 is 1.74 bits per heavy atom. The zero-order chi connectivity index (χ0) is 23.2. The van der Waals surface area contributed by atoms with Gasteiger partial charge in [0.25, 0.3) is 0 Å². The number of amides is 2. The second-order valence-electron chi connectivity index (χ2n) is 6.88. The van der Waals surface area contributed by atoms with E-state index in [4.69, 9.17) is 4.74 Å². The van der Waals surface area contributed by atoms with Crippen LogP contribution in [-0.4, -0.2) is 58.1 Å². The third kappa shape index (κ3) is 6.44. The number of halogens is 1. The minimum Gasteiger partial charge on any atom is -0.497 e. The fourth-order valence-corrected chi connectivity index (χ4v) is 4.45. The van der Waals surface area contributed by atoms with Gasteiger partial charge in [0.1, 0.15) is 18.3 Å². The number of carbonyl (C=O) groups is 2. The average Bonchev–Trinajstić information content (AvgIpc) is 2.74. The third-order valence-corrected chi connectivity index (χ3v) is 6.52. The summed E-state index contributed by atoms with van der Waals surface area (Å²) in [5.41, 5.74) is 1.12. The van der Waals surface area contributed by atoms with Gasteiger partial charge in [0, 0.05) is 18.1 Å². The summed E-state index contributed by atoms with van der Waals surface area (Å²) in [4.78, 5) is 26.9. The molecule has 2 amide bonds. The molecular weight excluding hydrogens is 486 g/mol. The molecule has 0 saturated heterocycles. The highest BCUT2D eigenvalue weighted by atomic mass is 79.9. The van der Waals surface area contributed by atoms with Crippen molar-refractivity contribution >= 4 is 43.5 Å². The number of para-hydroxylation sites is 1. The van der Waals surface area contributed by atoms with Gasteiger partial charge in [-0.25, -0.2) is 8.42 Å². The predicted molar refractivity (Wildman–Crippen MR) is 123 cm³/mol. The van der Waals surface area contributed by atoms with Crippen molar-refractivity contribution in [1.82, 2.24) is 10.2 Å². The number of nitrogens with one attached hydrogen (secondary N) is 1. The van der Waals surface area contributed by atoms with Crippen LogP contribution in [0.3, 0.4) is 0 Å². The molecule has 31 heavy (non-hydrogen) atoms. The zero-order valence-corrected chi connectivity index (χ0v) is 20.2. The summed E-state index contributed by atoms with van der Waals surface area (Å²) in [5.74, 6) is -0.195. The number of sulfonamides is 1. The largest absolute Gasteiger partial charge is 0.497 e. The minimum absolute atomic E-state index is 0.130. The maximum atomic E-state index is 13.3. The Labute approximate surface area is 191 Å². The van der Waals surface area contributed by atoms with E-state index in [1.807, 2.05) is 0 Å². The number of rotatable bonds is 9. The van der Waals surface area contributed by atoms with E-state index in [0.717, 1.165) is 16.1 Å². The van der Waals surface area contributed by atoms with Crippen LogP contribution in [-0.2, 0) is 26.2 Å². The summed E-state index contributed by atoms with van der Waals surface area (Å²) in [5, 5.41) is 2.54. The number of anilines is 1. The van der Waals surface area contributed by atoms with Gasteiger partial charge in [-0.05, 0) is 52.7 Å². The summed E-state index contributed by atoms with van der Waals surface area (Å²) in [6, 6.07) is 13.0. The molecule has 2 aromatic rings. The van der Waals surface area contributed by atoms with E-state index in [0.29, 0.717) is 15.9 Å². The molecule has 0 spiro atoms. The molecule has 0 heterocycles. The van der Waals surface area contributed by atoms with Crippen LogP contribution in [0.15, 0.2) is 53.0 Å². The number of nitrogens with zero attached hydrogens (tertiary/aromatic N) is 2. The fraction of sp³-hybridized carbons (Fsp3) is 0.333. The Bertz CT molecular complexity index is 1030. The third-order valence-electron chi connectivity index (χ3n) is 4.73. The second-order valence-corrected chi connectivity index (χ2v) is 9.64. The first kappa shape index (κ1) is 24.7. The van der Waals surface area contributed by atoms with E-state index in [2.05, 4.69) is 21.2 Å². The standard InChI is InChI=1S/C21H26BrN3O5S/c1-15(21(27)23-2)24(13-16-9-11-17(30-3)12-10-16)20(26)14-25(31(4,28)29)19-8-6-5-7-18(19)22/h5-12,15H,13-14H2,1-4H3,(H,23,27)/t15-/m0/s1. The van der Waals surface area contributed by atoms with Crippen LogP contribution >= 0.6 is 15.9 Å². The molecule has 0 aliphatic heterocycles. The summed E-state index contributed by atoms with van der Waals surface area (Å²) in [6.45, 7) is 1.29. The first-order valence-corrected chi connectivity index (χ1v) is 12.1. The average molecular weight is 512 g/mol. The molecule has 0 fully saturated rings. The smallest absolute Gasteiger partial charge is 0.244 e. The zero-order valence-electron chi connectivity index (χ0n) is 17.8. The van der Waals surface area contributed by atoms with E-state index < -0.39 is 28.5 Å². The Morgan fingerprint density at radius 3 is 2.26 bits per heavy atom. The molecule has 1 atom stereocenters. The van der Waals surface area contributed by atoms with Crippen molar-refractivity contribution in [3.05, 3.63) is 58.6 Å². The lowest BCUT2D eigenvalue weighted by molar-refractivity contribution is -0.139. The first-order chi connectivity index (χ1) is 14.6. The van der Waals surface area contributed by atoms with Crippen molar-refractivity contribution in [1.29, 1.82) is 0 Å². The summed E-state index contributed by atoms with van der Waals surface area (Å²) in [7, 11) is -0.723. The molecule has 8 nitrogen and oxygen atoms in total. The molecule has 0 saturated carbocycles. The molecule has 0 bridgehead atoms. The lowest BCUT2D eigenvalue weighted by Crippen LogP contribution is -2.50. The molecular formula is C21H26BrN3O5S. The molecule has 10 heteroatoms. The monoisotopic (exact) mass is 511 g/mol. The van der Waals surface area contributed by atoms with Gasteiger partial charge in [0.05, 0.1) is 19.1 Å². The Balaban J connectivity index is 2.37. The van der Waals surface area contributed by atoms with E-state index in [1.165, 1.54) is 11.9 Å². The summed E-state index contributed by atoms with van der Waals surface area (Å²) < 4.78 is 31.7. The summed E-state index contributed by atoms with van der Waals surface area (Å²) >= 11 is 3.34. The molecule has 2 rings (SSSR count). The van der Waals surface area contributed by atoms with E-state index in [1.54, 1.807) is 62.6 Å². The molecule has 0 radical (unpaired) electrons. The van der Waals surface area contributed by atoms with Crippen LogP contribution < -0.4 is 14.4 Å². The van der Waals surface area contributed by atoms with Gasteiger partial charge in [-0.2, -0.15) is 0 Å². The van der Waals surface area contributed by atoms with Crippen molar-refractivity contribution < 1.29 is 22.7 Å². The van der Waals surface area contributed by atoms with Crippen molar-refractivity contribution in [3.8, 4) is 5.75 Å². The quantitative estimate of drug-likeness (QED) is 0.557. The van der Waals surface area contributed by atoms with Crippen LogP contribution in [0.2, 0.25) is 0 Å². The maximum absolute atomic E-state index is 13.3. The van der Waals surface area contributed by atoms with Crippen LogP contribution in [0, 0.1) is 0 Å². The lowest BCUT2D eigenvalue weighted by atomic mass is 10.1. The number of methoxy groups -OCH3 is 1. The van der Waals surface area contributed by atoms with Gasteiger partial charge in [-0.15, -0.1) is 0 Å². The van der Waals surface area contributed by atoms with Crippen molar-refractivity contribution in [2.75, 3.05) is 31.3 Å². The van der Waals surface area contributed by atoms with Gasteiger partial charge in [0.15, 0.2) is 0 Å². The number of ether oxygens (including phenoxy) is 1. The molecule has 1 N–H and O–H groups in total. The first-order valence-electron chi connectivity index (χ1n) is 9.44. The second kappa shape index (κ2) is 10.6. The maximum Gasteiger partial charge on any atom is 0.244 e. The number of likely N-dealkylation sites (N-methyl/N-ethyl adjacent to an activating group) is 1. The molecule has 0 unspecified atom stereocenters. The molecule has 2 aromatic carbocycles. The van der Waals surface area contributed by atoms with Gasteiger partial charge in [-0.3, -0.25) is 13.9 Å². The number of hydrogen-bond acceptors (Lipinski definition) is 5. The molecule has 0 aliphatic carbocycles. The normalized spacial score (nSPS) is 12.0. The Hall–Kier alpha value is -2.59. The molecule has 0 aliphatic rings. The number of benzene rings is 2. The highest BCUT2D eigenvalue weighted by Gasteiger charge is 2.30. The van der Waals surface area contributed by atoms with Crippen LogP contribution in [0.5, 0.6) is 5.75 Å². The molecule has 168 valence electrons. The highest BCUT2D eigenvalue weighted by molar-refractivity contribution is 9.10. The van der Waals surface area contributed by atoms with Gasteiger partial charge < -0.3 is 15.0 Å². The van der Waals surface area contributed by atoms with Crippen molar-refractivity contribution in [2.24, 2.45) is 0 Å². The lowest BCUT2D eigenvalue weighted by Gasteiger charge is -2.31. The van der Waals surface area contributed by atoms with Gasteiger partial charge in [-0.1, -0.05) is 24.3 Å². The van der Waals surface area contributed by atoms with Crippen LogP contribution in [0.4, 0.5) is 5.69 Å². The fourth-order valence-electron chi connectivity index (χ4n) is 2.97. The van der Waals surface area contributed by atoms with Gasteiger partial charge in [0.2, 0.25) is 21.8 Å². The molecule has 0 aromatic heterocycles. The van der Waals surface area contributed by atoms with Crippen molar-refractivity contribution in [3.63, 3.8) is 0 Å². The van der Waals surface area contributed by atoms with Crippen LogP contribution in [0.1, 0.15) is 12.5 Å².